The van der Waals surface area contributed by atoms with E-state index in [0.717, 1.165) is 0 Å². The first-order valence-electron chi connectivity index (χ1n) is 5.85. The highest BCUT2D eigenvalue weighted by molar-refractivity contribution is 6.33. The van der Waals surface area contributed by atoms with Gasteiger partial charge in [-0.1, -0.05) is 23.7 Å². The van der Waals surface area contributed by atoms with Crippen LogP contribution >= 0.6 is 11.6 Å². The first-order chi connectivity index (χ1) is 9.90. The summed E-state index contributed by atoms with van der Waals surface area (Å²) in [6.07, 6.45) is 0. The lowest BCUT2D eigenvalue weighted by molar-refractivity contribution is 0.0993. The highest BCUT2D eigenvalue weighted by Gasteiger charge is 2.18. The first kappa shape index (κ1) is 14.7. The summed E-state index contributed by atoms with van der Waals surface area (Å²) in [4.78, 5) is 22.8. The zero-order valence-corrected chi connectivity index (χ0v) is 11.6. The molecule has 2 aromatic carbocycles. The van der Waals surface area contributed by atoms with Crippen LogP contribution in [0.5, 0.6) is 11.5 Å². The summed E-state index contributed by atoms with van der Waals surface area (Å²) in [5.74, 6) is -1.24. The molecule has 21 heavy (non-hydrogen) atoms. The van der Waals surface area contributed by atoms with E-state index in [9.17, 15) is 9.59 Å². The molecule has 2 aromatic rings. The van der Waals surface area contributed by atoms with Crippen molar-refractivity contribution in [2.24, 2.45) is 11.5 Å². The Morgan fingerprint density at radius 2 is 1.62 bits per heavy atom. The van der Waals surface area contributed by atoms with E-state index in [0.29, 0.717) is 0 Å². The minimum Gasteiger partial charge on any atom is -0.454 e. The number of rotatable bonds is 4. The molecule has 2 rings (SSSR count). The van der Waals surface area contributed by atoms with E-state index in [1.807, 2.05) is 0 Å². The van der Waals surface area contributed by atoms with Gasteiger partial charge in [-0.3, -0.25) is 9.59 Å². The molecule has 0 aromatic heterocycles. The molecule has 108 valence electrons. The number of hydrogen-bond acceptors (Lipinski definition) is 4. The van der Waals surface area contributed by atoms with Gasteiger partial charge in [-0.25, -0.2) is 0 Å². The van der Waals surface area contributed by atoms with Gasteiger partial charge >= 0.3 is 0 Å². The Balaban J connectivity index is 2.55. The van der Waals surface area contributed by atoms with E-state index >= 15 is 0 Å². The fraction of sp³-hybridized carbons (Fsp3) is 0. The van der Waals surface area contributed by atoms with Crippen molar-refractivity contribution in [2.45, 2.75) is 0 Å². The molecule has 6 N–H and O–H groups in total. The number of ether oxygens (including phenoxy) is 1. The summed E-state index contributed by atoms with van der Waals surface area (Å²) in [5, 5.41) is 0.100. The molecule has 0 saturated carbocycles. The molecular formula is C14H12ClN3O3. The van der Waals surface area contributed by atoms with Gasteiger partial charge in [0.05, 0.1) is 16.1 Å². The van der Waals surface area contributed by atoms with Crippen LogP contribution in [0.3, 0.4) is 0 Å². The van der Waals surface area contributed by atoms with Gasteiger partial charge in [0.15, 0.2) is 5.75 Å². The predicted octanol–water partition coefficient (Wildman–Crippen LogP) is 1.91. The molecule has 0 radical (unpaired) electrons. The van der Waals surface area contributed by atoms with Crippen LogP contribution in [0.25, 0.3) is 0 Å². The quantitative estimate of drug-likeness (QED) is 0.747. The zero-order valence-electron chi connectivity index (χ0n) is 10.8. The van der Waals surface area contributed by atoms with Crippen molar-refractivity contribution in [1.82, 2.24) is 0 Å². The lowest BCUT2D eigenvalue weighted by atomic mass is 10.1. The summed E-state index contributed by atoms with van der Waals surface area (Å²) < 4.78 is 5.56. The van der Waals surface area contributed by atoms with Crippen LogP contribution in [0.2, 0.25) is 5.02 Å². The van der Waals surface area contributed by atoms with Gasteiger partial charge in [0.25, 0.3) is 11.8 Å². The average molecular weight is 306 g/mol. The van der Waals surface area contributed by atoms with Crippen LogP contribution in [-0.2, 0) is 0 Å². The van der Waals surface area contributed by atoms with E-state index in [2.05, 4.69) is 0 Å². The second-order valence-corrected chi connectivity index (χ2v) is 4.61. The average Bonchev–Trinajstić information content (AvgIpc) is 2.41. The lowest BCUT2D eigenvalue weighted by Gasteiger charge is -2.13. The molecule has 0 bridgehead atoms. The standard InChI is InChI=1S/C14H12ClN3O3/c15-10-6-7(16)5-9(14(18)20)12(10)21-11-4-2-1-3-8(11)13(17)19/h1-6H,16H2,(H2,17,19)(H2,18,20). The van der Waals surface area contributed by atoms with Crippen molar-refractivity contribution >= 4 is 29.1 Å². The van der Waals surface area contributed by atoms with Gasteiger partial charge in [0.1, 0.15) is 5.75 Å². The highest BCUT2D eigenvalue weighted by atomic mass is 35.5. The molecule has 0 aliphatic heterocycles. The fourth-order valence-electron chi connectivity index (χ4n) is 1.77. The van der Waals surface area contributed by atoms with Crippen LogP contribution in [-0.4, -0.2) is 11.8 Å². The summed E-state index contributed by atoms with van der Waals surface area (Å²) in [7, 11) is 0. The van der Waals surface area contributed by atoms with Gasteiger partial charge in [-0.05, 0) is 24.3 Å². The van der Waals surface area contributed by atoms with Crippen molar-refractivity contribution < 1.29 is 14.3 Å². The molecule has 0 spiro atoms. The third kappa shape index (κ3) is 3.06. The third-order valence-electron chi connectivity index (χ3n) is 2.70. The fourth-order valence-corrected chi connectivity index (χ4v) is 2.04. The van der Waals surface area contributed by atoms with E-state index < -0.39 is 11.8 Å². The Kier molecular flexibility index (Phi) is 4.00. The van der Waals surface area contributed by atoms with Gasteiger partial charge < -0.3 is 21.9 Å². The molecule has 0 aliphatic rings. The predicted molar refractivity (Wildman–Crippen MR) is 79.4 cm³/mol. The molecule has 6 nitrogen and oxygen atoms in total. The van der Waals surface area contributed by atoms with Crippen molar-refractivity contribution in [3.63, 3.8) is 0 Å². The van der Waals surface area contributed by atoms with Crippen LogP contribution < -0.4 is 21.9 Å². The maximum Gasteiger partial charge on any atom is 0.252 e. The number of primary amides is 2. The number of hydrogen-bond donors (Lipinski definition) is 3. The van der Waals surface area contributed by atoms with Crippen LogP contribution in [0.1, 0.15) is 20.7 Å². The van der Waals surface area contributed by atoms with Crippen molar-refractivity contribution in [1.29, 1.82) is 0 Å². The van der Waals surface area contributed by atoms with E-state index in [1.54, 1.807) is 12.1 Å². The first-order valence-corrected chi connectivity index (χ1v) is 6.23. The number of benzene rings is 2. The zero-order chi connectivity index (χ0) is 15.6. The van der Waals surface area contributed by atoms with Crippen LogP contribution in [0, 0.1) is 0 Å². The smallest absolute Gasteiger partial charge is 0.252 e. The summed E-state index contributed by atoms with van der Waals surface area (Å²) in [5.41, 5.74) is 16.6. The number of amides is 2. The number of nitrogens with two attached hydrogens (primary N) is 3. The Morgan fingerprint density at radius 3 is 2.24 bits per heavy atom. The lowest BCUT2D eigenvalue weighted by Crippen LogP contribution is -2.15. The largest absolute Gasteiger partial charge is 0.454 e. The van der Waals surface area contributed by atoms with E-state index in [4.69, 9.17) is 33.5 Å². The van der Waals surface area contributed by atoms with Gasteiger partial charge in [-0.15, -0.1) is 0 Å². The molecule has 0 aliphatic carbocycles. The normalized spacial score (nSPS) is 10.1. The molecular weight excluding hydrogens is 294 g/mol. The van der Waals surface area contributed by atoms with Gasteiger partial charge in [0.2, 0.25) is 0 Å². The third-order valence-corrected chi connectivity index (χ3v) is 2.98. The van der Waals surface area contributed by atoms with Crippen molar-refractivity contribution in [2.75, 3.05) is 5.73 Å². The Bertz CT molecular complexity index is 731. The van der Waals surface area contributed by atoms with E-state index in [-0.39, 0.29) is 33.3 Å². The monoisotopic (exact) mass is 305 g/mol. The minimum atomic E-state index is -0.754. The number of para-hydroxylation sites is 1. The topological polar surface area (TPSA) is 121 Å². The molecule has 0 saturated heterocycles. The number of carbonyl (C=O) groups excluding carboxylic acids is 2. The number of carbonyl (C=O) groups is 2. The van der Waals surface area contributed by atoms with Gasteiger partial charge in [-0.2, -0.15) is 0 Å². The molecule has 0 atom stereocenters. The molecule has 0 fully saturated rings. The summed E-state index contributed by atoms with van der Waals surface area (Å²) in [6.45, 7) is 0. The molecule has 0 unspecified atom stereocenters. The number of anilines is 1. The van der Waals surface area contributed by atoms with Crippen LogP contribution in [0.15, 0.2) is 36.4 Å². The maximum atomic E-state index is 11.5. The Labute approximate surface area is 125 Å². The minimum absolute atomic E-state index is 0.0132. The van der Waals surface area contributed by atoms with Crippen molar-refractivity contribution in [3.8, 4) is 11.5 Å². The number of nitrogen functional groups attached to an aromatic ring is 1. The SMILES string of the molecule is NC(=O)c1ccccc1Oc1c(Cl)cc(N)cc1C(N)=O. The highest BCUT2D eigenvalue weighted by Crippen LogP contribution is 2.36. The summed E-state index contributed by atoms with van der Waals surface area (Å²) >= 11 is 6.03. The van der Waals surface area contributed by atoms with Crippen LogP contribution in [0.4, 0.5) is 5.69 Å². The van der Waals surface area contributed by atoms with Crippen molar-refractivity contribution in [3.05, 3.63) is 52.5 Å². The maximum absolute atomic E-state index is 11.5. The Hall–Kier alpha value is -2.73. The Morgan fingerprint density at radius 1 is 1.00 bits per heavy atom. The second kappa shape index (κ2) is 5.72. The van der Waals surface area contributed by atoms with E-state index in [1.165, 1.54) is 24.3 Å². The molecule has 7 heteroatoms. The van der Waals surface area contributed by atoms with Gasteiger partial charge in [0, 0.05) is 5.69 Å². The molecule has 0 heterocycles. The molecule has 2 amide bonds. The number of halogens is 1. The summed E-state index contributed by atoms with van der Waals surface area (Å²) in [6, 6.07) is 9.06. The second-order valence-electron chi connectivity index (χ2n) is 4.21.